The molecule has 310 valence electrons. The molecule has 0 heterocycles. The summed E-state index contributed by atoms with van der Waals surface area (Å²) in [4.78, 5) is 0. The van der Waals surface area contributed by atoms with E-state index < -0.39 is 23.4 Å². The minimum absolute atomic E-state index is 0. The van der Waals surface area contributed by atoms with Crippen LogP contribution >= 0.6 is 25.5 Å². The first kappa shape index (κ1) is 47.8. The number of hydrogen-bond donors (Lipinski definition) is 0. The molecular weight excluding hydrogens is 914 g/mol. The van der Waals surface area contributed by atoms with Gasteiger partial charge in [-0.25, -0.2) is 0 Å². The third kappa shape index (κ3) is 12.2. The summed E-state index contributed by atoms with van der Waals surface area (Å²) in [6.45, 7) is 0. The van der Waals surface area contributed by atoms with Gasteiger partial charge in [0.1, 0.15) is 31.8 Å². The Bertz CT molecular complexity index is 2270. The molecule has 2 atom stereocenters. The van der Waals surface area contributed by atoms with E-state index in [1.165, 1.54) is 77.3 Å². The quantitative estimate of drug-likeness (QED) is 0.0869. The molecular formula is C50H46BClF4N2P2Ru+2. The molecule has 0 radical (unpaired) electrons. The molecule has 1 fully saturated rings. The van der Waals surface area contributed by atoms with Gasteiger partial charge in [-0.05, 0) is 82.2 Å². The monoisotopic (exact) mass is 960 g/mol. The van der Waals surface area contributed by atoms with Crippen molar-refractivity contribution in [3.63, 3.8) is 0 Å². The fraction of sp³-hybridized carbons (Fsp3) is 0.120. The van der Waals surface area contributed by atoms with E-state index in [0.717, 1.165) is 12.8 Å². The second kappa shape index (κ2) is 24.4. The van der Waals surface area contributed by atoms with Crippen molar-refractivity contribution in [3.05, 3.63) is 206 Å². The molecule has 8 aromatic carbocycles. The van der Waals surface area contributed by atoms with E-state index in [9.17, 15) is 12.9 Å². The Kier molecular flexibility index (Phi) is 19.1. The van der Waals surface area contributed by atoms with Crippen LogP contribution in [-0.2, 0) is 17.3 Å². The third-order valence-corrected chi connectivity index (χ3v) is 16.2. The Morgan fingerprint density at radius 3 is 0.967 bits per heavy atom. The molecule has 0 unspecified atom stereocenters. The van der Waals surface area contributed by atoms with Gasteiger partial charge in [-0.1, -0.05) is 159 Å². The van der Waals surface area contributed by atoms with Crippen molar-refractivity contribution >= 4 is 86.5 Å². The van der Waals surface area contributed by atoms with Crippen LogP contribution in [0.25, 0.3) is 44.1 Å². The second-order valence-electron chi connectivity index (χ2n) is 14.4. The van der Waals surface area contributed by atoms with Crippen LogP contribution in [0.1, 0.15) is 25.7 Å². The fourth-order valence-corrected chi connectivity index (χ4v) is 13.5. The van der Waals surface area contributed by atoms with Gasteiger partial charge in [0.05, 0.1) is 15.8 Å². The predicted molar refractivity (Wildman–Crippen MR) is 257 cm³/mol. The minimum Gasteiger partial charge on any atom is -1.00 e. The Hall–Kier alpha value is -4.24. The van der Waals surface area contributed by atoms with E-state index in [1.54, 1.807) is 0 Å². The SMILES string of the molecule is FB(F)F.[Cl][Ru+3].[F-].[NH-][C@@H]1CCCC[C@H]1[NH-].c1ccc([PH+](c2ccccc2)c2ccc3ccccc3c2-c2c([PH+](c3ccccc3)c3ccccc3)ccc3ccccc23)cc1. The van der Waals surface area contributed by atoms with Crippen LogP contribution in [-0.4, -0.2) is 19.6 Å². The number of halogens is 5. The minimum atomic E-state index is -3.67. The first-order valence-electron chi connectivity index (χ1n) is 19.9. The summed E-state index contributed by atoms with van der Waals surface area (Å²) in [7, 11) is -1.84. The maximum absolute atomic E-state index is 9.67. The van der Waals surface area contributed by atoms with Gasteiger partial charge in [0.15, 0.2) is 0 Å². The molecule has 1 saturated carbocycles. The van der Waals surface area contributed by atoms with Crippen LogP contribution < -0.4 is 36.5 Å². The van der Waals surface area contributed by atoms with E-state index in [1.807, 2.05) is 17.3 Å². The van der Waals surface area contributed by atoms with Gasteiger partial charge in [-0.3, -0.25) is 12.9 Å². The van der Waals surface area contributed by atoms with Crippen LogP contribution in [0.15, 0.2) is 194 Å². The van der Waals surface area contributed by atoms with Crippen molar-refractivity contribution in [2.75, 3.05) is 0 Å². The number of hydrogen-bond acceptors (Lipinski definition) is 0. The van der Waals surface area contributed by atoms with Gasteiger partial charge < -0.3 is 16.2 Å². The standard InChI is InChI=1S/C44H32P2.C6H12N2.BF3.ClH.FH.Ru/c1-5-19-35(20-6-1)45(36-21-7-2-8-22-36)41-31-29-33-17-13-15-27-39(33)43(41)44-40-28-16-14-18-34(40)30-32-42(44)46(37-23-9-3-10-24-37)38-25-11-4-12-26-38;7-5-3-1-2-4-6(5)8;2-1(3)4;;;/h1-32H;5-8H,1-4H2;;2*1H;/q;-2;;;;+4/t;5-,6-;;;;/m.1..../s1. The van der Waals surface area contributed by atoms with Crippen LogP contribution in [0.5, 0.6) is 0 Å². The Balaban J connectivity index is 0.000000407. The Morgan fingerprint density at radius 1 is 0.426 bits per heavy atom. The molecule has 8 aromatic rings. The number of benzene rings is 8. The maximum Gasteiger partial charge on any atom is 0.111 e. The van der Waals surface area contributed by atoms with Crippen molar-refractivity contribution in [1.82, 2.24) is 0 Å². The van der Waals surface area contributed by atoms with Gasteiger partial charge in [-0.2, -0.15) is 12.1 Å². The molecule has 11 heteroatoms. The average molecular weight is 960 g/mol. The zero-order valence-corrected chi connectivity index (χ0v) is 37.8. The smallest absolute Gasteiger partial charge is 0.111 e. The van der Waals surface area contributed by atoms with Crippen LogP contribution in [0.4, 0.5) is 12.9 Å². The molecule has 0 aliphatic heterocycles. The zero-order valence-electron chi connectivity index (χ0n) is 33.3. The summed E-state index contributed by atoms with van der Waals surface area (Å²) >= 11 is 1.82. The molecule has 0 aromatic heterocycles. The summed E-state index contributed by atoms with van der Waals surface area (Å²) in [5.41, 5.74) is 17.3. The van der Waals surface area contributed by atoms with Crippen LogP contribution in [0, 0.1) is 0 Å². The van der Waals surface area contributed by atoms with Crippen molar-refractivity contribution in [1.29, 1.82) is 0 Å². The number of fused-ring (bicyclic) bond motifs is 2. The Labute approximate surface area is 373 Å². The molecule has 2 nitrogen and oxygen atoms in total. The van der Waals surface area contributed by atoms with Gasteiger partial charge in [-0.15, -0.1) is 0 Å². The normalized spacial score (nSPS) is 14.4. The van der Waals surface area contributed by atoms with Gasteiger partial charge in [0.2, 0.25) is 0 Å². The van der Waals surface area contributed by atoms with Crippen molar-refractivity contribution in [2.45, 2.75) is 37.8 Å². The molecule has 9 rings (SSSR count). The third-order valence-electron chi connectivity index (χ3n) is 10.7. The maximum atomic E-state index is 9.67. The molecule has 2 N–H and O–H groups in total. The summed E-state index contributed by atoms with van der Waals surface area (Å²) in [5.74, 6) is 0. The van der Waals surface area contributed by atoms with E-state index in [2.05, 4.69) is 204 Å². The summed E-state index contributed by atoms with van der Waals surface area (Å²) < 4.78 is 29.0. The Morgan fingerprint density at radius 2 is 0.689 bits per heavy atom. The van der Waals surface area contributed by atoms with Crippen molar-refractivity contribution in [2.24, 2.45) is 0 Å². The van der Waals surface area contributed by atoms with Gasteiger partial charge in [0, 0.05) is 11.1 Å². The van der Waals surface area contributed by atoms with Gasteiger partial charge in [0.25, 0.3) is 0 Å². The first-order valence-corrected chi connectivity index (χ1v) is 25.1. The van der Waals surface area contributed by atoms with Crippen LogP contribution in [0.2, 0.25) is 0 Å². The van der Waals surface area contributed by atoms with E-state index in [4.69, 9.17) is 11.5 Å². The number of nitrogens with one attached hydrogen (secondary N) is 2. The predicted octanol–water partition coefficient (Wildman–Crippen LogP) is 9.61. The molecule has 1 aliphatic carbocycles. The molecule has 1 aliphatic rings. The van der Waals surface area contributed by atoms with Crippen LogP contribution in [0.3, 0.4) is 0 Å². The summed E-state index contributed by atoms with van der Waals surface area (Å²) in [6.07, 6.45) is 4.25. The summed E-state index contributed by atoms with van der Waals surface area (Å²) in [5, 5.41) is 13.6. The topological polar surface area (TPSA) is 47.6 Å². The van der Waals surface area contributed by atoms with E-state index in [0.29, 0.717) is 0 Å². The molecule has 61 heavy (non-hydrogen) atoms. The molecule has 0 bridgehead atoms. The largest absolute Gasteiger partial charge is 1.00 e. The fourth-order valence-electron chi connectivity index (χ4n) is 8.00. The molecule has 0 saturated heterocycles. The zero-order chi connectivity index (χ0) is 42.3. The van der Waals surface area contributed by atoms with Gasteiger partial charge >= 0.3 is 34.5 Å². The molecule has 0 spiro atoms. The van der Waals surface area contributed by atoms with E-state index in [-0.39, 0.29) is 16.8 Å². The van der Waals surface area contributed by atoms with E-state index >= 15 is 0 Å². The second-order valence-corrected chi connectivity index (χ2v) is 19.3. The molecule has 0 amide bonds. The van der Waals surface area contributed by atoms with Crippen molar-refractivity contribution < 1.29 is 35.0 Å². The summed E-state index contributed by atoms with van der Waals surface area (Å²) in [6, 6.07) is 72.1. The van der Waals surface area contributed by atoms with Crippen molar-refractivity contribution in [3.8, 4) is 11.1 Å². The first-order chi connectivity index (χ1) is 29.4. The number of rotatable bonds is 7. The average Bonchev–Trinajstić information content (AvgIpc) is 3.30.